The molecule has 0 atom stereocenters. The van der Waals surface area contributed by atoms with E-state index in [1.165, 1.54) is 16.7 Å². The second kappa shape index (κ2) is 7.09. The van der Waals surface area contributed by atoms with Crippen molar-refractivity contribution in [2.75, 3.05) is 6.54 Å². The van der Waals surface area contributed by atoms with Crippen LogP contribution in [0.15, 0.2) is 18.2 Å². The molecule has 1 aliphatic rings. The van der Waals surface area contributed by atoms with Gasteiger partial charge in [-0.3, -0.25) is 4.79 Å². The highest BCUT2D eigenvalue weighted by Crippen LogP contribution is 2.27. The standard InChI is InChI=1S/C16H24N2O.ClH/c1-12-6-5-7-13(2)14(12)8-11-18-15(19)16(17)9-3-4-10-16;/h5-7H,3-4,8-11,17H2,1-2H3,(H,18,19);1H. The van der Waals surface area contributed by atoms with E-state index in [-0.39, 0.29) is 18.3 Å². The van der Waals surface area contributed by atoms with Crippen LogP contribution in [0.4, 0.5) is 0 Å². The first-order valence-corrected chi connectivity index (χ1v) is 7.15. The quantitative estimate of drug-likeness (QED) is 0.897. The molecular formula is C16H25ClN2O. The summed E-state index contributed by atoms with van der Waals surface area (Å²) in [5.74, 6) is 0.0243. The minimum absolute atomic E-state index is 0. The Morgan fingerprint density at radius 1 is 1.25 bits per heavy atom. The van der Waals surface area contributed by atoms with Crippen LogP contribution in [0.5, 0.6) is 0 Å². The molecule has 3 N–H and O–H groups in total. The minimum atomic E-state index is -0.610. The van der Waals surface area contributed by atoms with Crippen molar-refractivity contribution in [3.63, 3.8) is 0 Å². The molecule has 1 amide bonds. The normalized spacial score (nSPS) is 16.6. The summed E-state index contributed by atoms with van der Waals surface area (Å²) in [6, 6.07) is 6.30. The Hall–Kier alpha value is -1.06. The molecule has 112 valence electrons. The maximum absolute atomic E-state index is 12.1. The summed E-state index contributed by atoms with van der Waals surface area (Å²) in [6.45, 7) is 4.90. The van der Waals surface area contributed by atoms with Gasteiger partial charge in [-0.05, 0) is 49.8 Å². The van der Waals surface area contributed by atoms with Crippen LogP contribution in [0.3, 0.4) is 0 Å². The average Bonchev–Trinajstić information content (AvgIpc) is 2.81. The van der Waals surface area contributed by atoms with Gasteiger partial charge in [0, 0.05) is 6.54 Å². The Labute approximate surface area is 127 Å². The molecule has 0 unspecified atom stereocenters. The molecule has 0 radical (unpaired) electrons. The molecule has 0 spiro atoms. The first-order valence-electron chi connectivity index (χ1n) is 7.15. The van der Waals surface area contributed by atoms with Crippen LogP contribution in [-0.2, 0) is 11.2 Å². The van der Waals surface area contributed by atoms with Gasteiger partial charge in [0.05, 0.1) is 5.54 Å². The van der Waals surface area contributed by atoms with Gasteiger partial charge in [0.15, 0.2) is 0 Å². The zero-order valence-corrected chi connectivity index (χ0v) is 13.2. The van der Waals surface area contributed by atoms with E-state index in [0.717, 1.165) is 32.1 Å². The molecule has 0 aromatic heterocycles. The van der Waals surface area contributed by atoms with Crippen molar-refractivity contribution in [3.8, 4) is 0 Å². The third kappa shape index (κ3) is 3.74. The molecule has 0 heterocycles. The van der Waals surface area contributed by atoms with Crippen LogP contribution < -0.4 is 11.1 Å². The van der Waals surface area contributed by atoms with Gasteiger partial charge in [0.25, 0.3) is 0 Å². The lowest BCUT2D eigenvalue weighted by Crippen LogP contribution is -2.52. The van der Waals surface area contributed by atoms with E-state index in [9.17, 15) is 4.79 Å². The number of amides is 1. The Morgan fingerprint density at radius 3 is 2.35 bits per heavy atom. The number of hydrogen-bond donors (Lipinski definition) is 2. The SMILES string of the molecule is Cc1cccc(C)c1CCNC(=O)C1(N)CCCC1.Cl. The highest BCUT2D eigenvalue weighted by atomic mass is 35.5. The molecule has 0 saturated heterocycles. The van der Waals surface area contributed by atoms with E-state index < -0.39 is 5.54 Å². The Bertz CT molecular complexity index is 447. The number of rotatable bonds is 4. The maximum Gasteiger partial charge on any atom is 0.240 e. The summed E-state index contributed by atoms with van der Waals surface area (Å²) in [5, 5.41) is 3.00. The molecule has 1 aromatic rings. The molecule has 3 nitrogen and oxygen atoms in total. The lowest BCUT2D eigenvalue weighted by Gasteiger charge is -2.22. The topological polar surface area (TPSA) is 55.1 Å². The first-order chi connectivity index (χ1) is 9.03. The van der Waals surface area contributed by atoms with E-state index in [2.05, 4.69) is 37.4 Å². The van der Waals surface area contributed by atoms with Crippen molar-refractivity contribution < 1.29 is 4.79 Å². The van der Waals surface area contributed by atoms with Crippen LogP contribution in [0.1, 0.15) is 42.4 Å². The largest absolute Gasteiger partial charge is 0.354 e. The third-order valence-corrected chi connectivity index (χ3v) is 4.25. The van der Waals surface area contributed by atoms with E-state index in [1.807, 2.05) is 0 Å². The number of halogens is 1. The van der Waals surface area contributed by atoms with Gasteiger partial charge in [-0.2, -0.15) is 0 Å². The van der Waals surface area contributed by atoms with Gasteiger partial charge in [-0.1, -0.05) is 31.0 Å². The van der Waals surface area contributed by atoms with Gasteiger partial charge < -0.3 is 11.1 Å². The van der Waals surface area contributed by atoms with Gasteiger partial charge in [-0.25, -0.2) is 0 Å². The number of carbonyl (C=O) groups is 1. The number of nitrogens with one attached hydrogen (secondary N) is 1. The summed E-state index contributed by atoms with van der Waals surface area (Å²) in [4.78, 5) is 12.1. The van der Waals surface area contributed by atoms with Crippen LogP contribution in [0.2, 0.25) is 0 Å². The van der Waals surface area contributed by atoms with Crippen molar-refractivity contribution in [1.29, 1.82) is 0 Å². The summed E-state index contributed by atoms with van der Waals surface area (Å²) >= 11 is 0. The highest BCUT2D eigenvalue weighted by molar-refractivity contribution is 5.86. The van der Waals surface area contributed by atoms with Gasteiger partial charge in [0.1, 0.15) is 0 Å². The molecule has 1 aliphatic carbocycles. The highest BCUT2D eigenvalue weighted by Gasteiger charge is 2.36. The second-order valence-electron chi connectivity index (χ2n) is 5.74. The van der Waals surface area contributed by atoms with E-state index in [0.29, 0.717) is 6.54 Å². The lowest BCUT2D eigenvalue weighted by molar-refractivity contribution is -0.126. The molecular weight excluding hydrogens is 272 g/mol. The van der Waals surface area contributed by atoms with Gasteiger partial charge in [-0.15, -0.1) is 12.4 Å². The zero-order chi connectivity index (χ0) is 13.9. The van der Waals surface area contributed by atoms with Crippen molar-refractivity contribution in [1.82, 2.24) is 5.32 Å². The van der Waals surface area contributed by atoms with E-state index >= 15 is 0 Å². The molecule has 1 saturated carbocycles. The van der Waals surface area contributed by atoms with Crippen molar-refractivity contribution in [3.05, 3.63) is 34.9 Å². The van der Waals surface area contributed by atoms with E-state index in [1.54, 1.807) is 0 Å². The zero-order valence-electron chi connectivity index (χ0n) is 12.4. The molecule has 0 aliphatic heterocycles. The third-order valence-electron chi connectivity index (χ3n) is 4.25. The molecule has 0 bridgehead atoms. The smallest absolute Gasteiger partial charge is 0.240 e. The van der Waals surface area contributed by atoms with Crippen molar-refractivity contribution >= 4 is 18.3 Å². The predicted molar refractivity (Wildman–Crippen MR) is 85.3 cm³/mol. The molecule has 1 aromatic carbocycles. The van der Waals surface area contributed by atoms with Gasteiger partial charge >= 0.3 is 0 Å². The van der Waals surface area contributed by atoms with Crippen molar-refractivity contribution in [2.45, 2.75) is 51.5 Å². The number of nitrogens with two attached hydrogens (primary N) is 1. The number of aryl methyl sites for hydroxylation is 2. The maximum atomic E-state index is 12.1. The molecule has 2 rings (SSSR count). The second-order valence-corrected chi connectivity index (χ2v) is 5.74. The fourth-order valence-corrected chi connectivity index (χ4v) is 2.95. The Balaban J connectivity index is 0.00000200. The monoisotopic (exact) mass is 296 g/mol. The molecule has 1 fully saturated rings. The minimum Gasteiger partial charge on any atom is -0.354 e. The van der Waals surface area contributed by atoms with E-state index in [4.69, 9.17) is 5.73 Å². The van der Waals surface area contributed by atoms with Gasteiger partial charge in [0.2, 0.25) is 5.91 Å². The van der Waals surface area contributed by atoms with Crippen LogP contribution in [0.25, 0.3) is 0 Å². The predicted octanol–water partition coefficient (Wildman–Crippen LogP) is 2.66. The summed E-state index contributed by atoms with van der Waals surface area (Å²) in [7, 11) is 0. The summed E-state index contributed by atoms with van der Waals surface area (Å²) in [5.41, 5.74) is 9.43. The first kappa shape index (κ1) is 17.0. The molecule has 4 heteroatoms. The fourth-order valence-electron chi connectivity index (χ4n) is 2.95. The average molecular weight is 297 g/mol. The Kier molecular flexibility index (Phi) is 6.03. The number of benzene rings is 1. The number of carbonyl (C=O) groups excluding carboxylic acids is 1. The van der Waals surface area contributed by atoms with Crippen molar-refractivity contribution in [2.24, 2.45) is 5.73 Å². The summed E-state index contributed by atoms with van der Waals surface area (Å²) in [6.07, 6.45) is 4.66. The van der Waals surface area contributed by atoms with Crippen LogP contribution in [-0.4, -0.2) is 18.0 Å². The lowest BCUT2D eigenvalue weighted by atomic mass is 9.97. The summed E-state index contributed by atoms with van der Waals surface area (Å²) < 4.78 is 0. The van der Waals surface area contributed by atoms with Crippen LogP contribution >= 0.6 is 12.4 Å². The molecule has 20 heavy (non-hydrogen) atoms. The van der Waals surface area contributed by atoms with Crippen LogP contribution in [0, 0.1) is 13.8 Å². The fraction of sp³-hybridized carbons (Fsp3) is 0.562. The number of hydrogen-bond acceptors (Lipinski definition) is 2. The Morgan fingerprint density at radius 2 is 1.80 bits per heavy atom.